The van der Waals surface area contributed by atoms with Crippen LogP contribution in [0.5, 0.6) is 0 Å². The van der Waals surface area contributed by atoms with Gasteiger partial charge >= 0.3 is 5.97 Å². The van der Waals surface area contributed by atoms with Crippen LogP contribution >= 0.6 is 0 Å². The van der Waals surface area contributed by atoms with E-state index in [4.69, 9.17) is 4.74 Å². The van der Waals surface area contributed by atoms with Crippen LogP contribution in [-0.2, 0) is 9.53 Å². The van der Waals surface area contributed by atoms with Gasteiger partial charge in [-0.3, -0.25) is 4.79 Å². The summed E-state index contributed by atoms with van der Waals surface area (Å²) in [4.78, 5) is 11.1. The van der Waals surface area contributed by atoms with Gasteiger partial charge in [0.25, 0.3) is 0 Å². The quantitative estimate of drug-likeness (QED) is 0.278. The van der Waals surface area contributed by atoms with E-state index < -0.39 is 0 Å². The van der Waals surface area contributed by atoms with Crippen LogP contribution in [0.2, 0.25) is 0 Å². The first-order valence-corrected chi connectivity index (χ1v) is 9.61. The van der Waals surface area contributed by atoms with Crippen molar-refractivity contribution in [2.45, 2.75) is 86.5 Å². The molecule has 0 heterocycles. The molecule has 0 aromatic rings. The molecule has 0 saturated heterocycles. The molecule has 0 fully saturated rings. The summed E-state index contributed by atoms with van der Waals surface area (Å²) in [6, 6.07) is 0. The van der Waals surface area contributed by atoms with Crippen LogP contribution in [0.3, 0.4) is 0 Å². The summed E-state index contributed by atoms with van der Waals surface area (Å²) >= 11 is 0. The zero-order valence-corrected chi connectivity index (χ0v) is 17.3. The van der Waals surface area contributed by atoms with E-state index >= 15 is 0 Å². The number of rotatable bonds is 12. The van der Waals surface area contributed by atoms with Gasteiger partial charge in [0.15, 0.2) is 0 Å². The number of allylic oxidation sites excluding steroid dienone is 7. The molecule has 0 unspecified atom stereocenters. The molecule has 2 heteroatoms. The number of esters is 1. The Morgan fingerprint density at radius 2 is 1.16 bits per heavy atom. The second-order valence-corrected chi connectivity index (χ2v) is 7.09. The first-order valence-electron chi connectivity index (χ1n) is 9.61. The molecular weight excluding hydrogens is 308 g/mol. The maximum absolute atomic E-state index is 11.1. The smallest absolute Gasteiger partial charge is 0.305 e. The fourth-order valence-corrected chi connectivity index (χ4v) is 2.37. The first-order chi connectivity index (χ1) is 11.8. The Kier molecular flexibility index (Phi) is 13.8. The molecule has 0 N–H and O–H groups in total. The minimum absolute atomic E-state index is 0.135. The second kappa shape index (κ2) is 14.7. The topological polar surface area (TPSA) is 26.3 Å². The summed E-state index contributed by atoms with van der Waals surface area (Å²) in [5, 5.41) is 0. The molecule has 25 heavy (non-hydrogen) atoms. The molecule has 0 spiro atoms. The Morgan fingerprint density at radius 3 is 1.60 bits per heavy atom. The predicted octanol–water partition coefficient (Wildman–Crippen LogP) is 7.09. The van der Waals surface area contributed by atoms with Crippen molar-refractivity contribution >= 4 is 5.97 Å². The molecule has 2 nitrogen and oxygen atoms in total. The lowest BCUT2D eigenvalue weighted by molar-refractivity contribution is -0.141. The summed E-state index contributed by atoms with van der Waals surface area (Å²) in [5.41, 5.74) is 5.63. The Bertz CT molecular complexity index is 500. The monoisotopic (exact) mass is 346 g/mol. The van der Waals surface area contributed by atoms with E-state index in [1.54, 1.807) is 0 Å². The van der Waals surface area contributed by atoms with E-state index in [0.717, 1.165) is 32.1 Å². The van der Waals surface area contributed by atoms with E-state index in [1.165, 1.54) is 28.7 Å². The minimum atomic E-state index is -0.135. The van der Waals surface area contributed by atoms with E-state index in [-0.39, 0.29) is 5.97 Å². The summed E-state index contributed by atoms with van der Waals surface area (Å²) < 4.78 is 5.06. The molecule has 0 radical (unpaired) electrons. The highest BCUT2D eigenvalue weighted by atomic mass is 16.5. The molecule has 0 aromatic heterocycles. The van der Waals surface area contributed by atoms with E-state index in [9.17, 15) is 4.79 Å². The average molecular weight is 347 g/mol. The van der Waals surface area contributed by atoms with Crippen molar-refractivity contribution in [1.29, 1.82) is 0 Å². The number of hydrogen-bond donors (Lipinski definition) is 0. The summed E-state index contributed by atoms with van der Waals surface area (Å²) in [5.74, 6) is -0.135. The van der Waals surface area contributed by atoms with Crippen LogP contribution in [0.4, 0.5) is 0 Å². The summed E-state index contributed by atoms with van der Waals surface area (Å²) in [6.45, 7) is 13.1. The van der Waals surface area contributed by atoms with Gasteiger partial charge in [-0.15, -0.1) is 0 Å². The maximum Gasteiger partial charge on any atom is 0.305 e. The van der Waals surface area contributed by atoms with Crippen molar-refractivity contribution in [2.24, 2.45) is 0 Å². The Morgan fingerprint density at radius 1 is 0.720 bits per heavy atom. The van der Waals surface area contributed by atoms with Crippen LogP contribution in [0.15, 0.2) is 46.6 Å². The van der Waals surface area contributed by atoms with Crippen molar-refractivity contribution in [1.82, 2.24) is 0 Å². The normalized spacial score (nSPS) is 13.0. The van der Waals surface area contributed by atoms with Crippen molar-refractivity contribution < 1.29 is 9.53 Å². The number of carbonyl (C=O) groups is 1. The Labute approximate surface area is 155 Å². The molecule has 0 aliphatic carbocycles. The molecular formula is C23H38O2. The lowest BCUT2D eigenvalue weighted by atomic mass is 10.0. The van der Waals surface area contributed by atoms with Crippen molar-refractivity contribution in [2.75, 3.05) is 6.61 Å². The Hall–Kier alpha value is -1.57. The largest absolute Gasteiger partial charge is 0.461 e. The Balaban J connectivity index is 3.99. The summed E-state index contributed by atoms with van der Waals surface area (Å²) in [7, 11) is 0. The SMILES string of the molecule is CCC(=O)OCC=C(C)CCC=C(C)CCC=C(C)CCC=C(C)C. The highest BCUT2D eigenvalue weighted by molar-refractivity contribution is 5.68. The molecule has 0 bridgehead atoms. The lowest BCUT2D eigenvalue weighted by Crippen LogP contribution is -2.02. The van der Waals surface area contributed by atoms with Crippen LogP contribution in [0.1, 0.15) is 86.5 Å². The highest BCUT2D eigenvalue weighted by Crippen LogP contribution is 2.13. The zero-order valence-electron chi connectivity index (χ0n) is 17.3. The number of hydrogen-bond acceptors (Lipinski definition) is 2. The van der Waals surface area contributed by atoms with Gasteiger partial charge in [-0.05, 0) is 79.2 Å². The number of ether oxygens (including phenoxy) is 1. The maximum atomic E-state index is 11.1. The molecule has 0 amide bonds. The van der Waals surface area contributed by atoms with Gasteiger partial charge in [-0.1, -0.05) is 47.4 Å². The van der Waals surface area contributed by atoms with E-state index in [2.05, 4.69) is 52.8 Å². The average Bonchev–Trinajstić information content (AvgIpc) is 2.54. The van der Waals surface area contributed by atoms with Crippen molar-refractivity contribution in [3.05, 3.63) is 46.6 Å². The third-order valence-electron chi connectivity index (χ3n) is 4.12. The van der Waals surface area contributed by atoms with Gasteiger partial charge < -0.3 is 4.74 Å². The van der Waals surface area contributed by atoms with E-state index in [0.29, 0.717) is 13.0 Å². The van der Waals surface area contributed by atoms with Gasteiger partial charge in [0.1, 0.15) is 6.61 Å². The van der Waals surface area contributed by atoms with Gasteiger partial charge in [0.2, 0.25) is 0 Å². The highest BCUT2D eigenvalue weighted by Gasteiger charge is 1.96. The molecule has 0 rings (SSSR count). The fraction of sp³-hybridized carbons (Fsp3) is 0.609. The summed E-state index contributed by atoms with van der Waals surface area (Å²) in [6.07, 6.45) is 16.1. The third kappa shape index (κ3) is 15.7. The number of carbonyl (C=O) groups excluding carboxylic acids is 1. The minimum Gasteiger partial charge on any atom is -0.461 e. The lowest BCUT2D eigenvalue weighted by Gasteiger charge is -2.03. The van der Waals surface area contributed by atoms with Crippen LogP contribution in [0, 0.1) is 0 Å². The predicted molar refractivity (Wildman–Crippen MR) is 110 cm³/mol. The second-order valence-electron chi connectivity index (χ2n) is 7.09. The van der Waals surface area contributed by atoms with Gasteiger partial charge in [-0.2, -0.15) is 0 Å². The molecule has 0 atom stereocenters. The molecule has 0 aromatic carbocycles. The standard InChI is InChI=1S/C23H38O2/c1-7-23(24)25-18-17-22(6)16-10-15-21(5)14-9-13-20(4)12-8-11-19(2)3/h11,13,15,17H,7-10,12,14,16,18H2,1-6H3. The van der Waals surface area contributed by atoms with Crippen molar-refractivity contribution in [3.63, 3.8) is 0 Å². The fourth-order valence-electron chi connectivity index (χ4n) is 2.37. The molecule has 0 saturated carbocycles. The van der Waals surface area contributed by atoms with Crippen LogP contribution in [0.25, 0.3) is 0 Å². The van der Waals surface area contributed by atoms with Crippen LogP contribution in [-0.4, -0.2) is 12.6 Å². The van der Waals surface area contributed by atoms with Gasteiger partial charge in [0, 0.05) is 6.42 Å². The third-order valence-corrected chi connectivity index (χ3v) is 4.12. The van der Waals surface area contributed by atoms with Crippen molar-refractivity contribution in [3.8, 4) is 0 Å². The molecule has 142 valence electrons. The molecule has 0 aliphatic heterocycles. The molecule has 0 aliphatic rings. The first kappa shape index (κ1) is 23.4. The zero-order chi connectivity index (χ0) is 19.1. The van der Waals surface area contributed by atoms with Gasteiger partial charge in [-0.25, -0.2) is 0 Å². The van der Waals surface area contributed by atoms with Gasteiger partial charge in [0.05, 0.1) is 0 Å². The van der Waals surface area contributed by atoms with Crippen LogP contribution < -0.4 is 0 Å². The van der Waals surface area contributed by atoms with E-state index in [1.807, 2.05) is 13.0 Å².